The molecule has 3 aromatic rings. The number of carboxylic acids is 1. The number of benzene rings is 2. The second kappa shape index (κ2) is 8.23. The van der Waals surface area contributed by atoms with Crippen molar-refractivity contribution in [2.75, 3.05) is 0 Å². The predicted octanol–water partition coefficient (Wildman–Crippen LogP) is 5.33. The highest BCUT2D eigenvalue weighted by Crippen LogP contribution is 2.35. The number of carbonyl (C=O) groups is 3. The maximum atomic E-state index is 13.1. The van der Waals surface area contributed by atoms with E-state index in [0.717, 1.165) is 16.7 Å². The number of halogens is 1. The van der Waals surface area contributed by atoms with E-state index in [1.54, 1.807) is 31.2 Å². The van der Waals surface area contributed by atoms with Crippen molar-refractivity contribution < 1.29 is 28.3 Å². The van der Waals surface area contributed by atoms with Crippen LogP contribution in [0.15, 0.2) is 63.9 Å². The van der Waals surface area contributed by atoms with E-state index < -0.39 is 22.9 Å². The Morgan fingerprint density at radius 3 is 2.58 bits per heavy atom. The molecule has 1 aromatic heterocycles. The van der Waals surface area contributed by atoms with Gasteiger partial charge in [-0.15, -0.1) is 0 Å². The monoisotopic (exact) mass is 437 g/mol. The molecule has 2 heterocycles. The van der Waals surface area contributed by atoms with Crippen molar-refractivity contribution >= 4 is 35.0 Å². The summed E-state index contributed by atoms with van der Waals surface area (Å²) in [5.74, 6) is -1.06. The lowest BCUT2D eigenvalue weighted by molar-refractivity contribution is -0.123. The van der Waals surface area contributed by atoms with Gasteiger partial charge in [0.15, 0.2) is 0 Å². The summed E-state index contributed by atoms with van der Waals surface area (Å²) in [5.41, 5.74) is 2.01. The van der Waals surface area contributed by atoms with E-state index in [2.05, 4.69) is 0 Å². The molecule has 0 spiro atoms. The molecule has 156 valence electrons. The second-order valence-corrected chi connectivity index (χ2v) is 7.87. The molecule has 0 atom stereocenters. The number of aromatic carboxylic acids is 1. The van der Waals surface area contributed by atoms with Crippen LogP contribution in [0.2, 0.25) is 0 Å². The third-order valence-electron chi connectivity index (χ3n) is 4.86. The number of carboxylic acid groups (broad SMARTS) is 1. The summed E-state index contributed by atoms with van der Waals surface area (Å²) in [6.07, 6.45) is 1.48. The molecule has 0 bridgehead atoms. The van der Waals surface area contributed by atoms with Crippen LogP contribution < -0.4 is 0 Å². The van der Waals surface area contributed by atoms with E-state index in [4.69, 9.17) is 4.42 Å². The van der Waals surface area contributed by atoms with Gasteiger partial charge in [0.1, 0.15) is 17.3 Å². The van der Waals surface area contributed by atoms with Crippen molar-refractivity contribution in [3.8, 4) is 11.3 Å². The Morgan fingerprint density at radius 2 is 1.87 bits per heavy atom. The molecule has 0 unspecified atom stereocenters. The summed E-state index contributed by atoms with van der Waals surface area (Å²) in [4.78, 5) is 37.6. The molecule has 0 aliphatic carbocycles. The molecule has 1 aliphatic heterocycles. The highest BCUT2D eigenvalue weighted by atomic mass is 32.2. The molecular weight excluding hydrogens is 421 g/mol. The molecule has 1 saturated heterocycles. The lowest BCUT2D eigenvalue weighted by Gasteiger charge is -2.12. The lowest BCUT2D eigenvalue weighted by atomic mass is 10.0. The Bertz CT molecular complexity index is 1230. The van der Waals surface area contributed by atoms with Gasteiger partial charge in [-0.3, -0.25) is 14.5 Å². The fraction of sp³-hybridized carbons (Fsp3) is 0.0870. The van der Waals surface area contributed by atoms with Gasteiger partial charge in [0, 0.05) is 11.6 Å². The Morgan fingerprint density at radius 1 is 1.13 bits per heavy atom. The van der Waals surface area contributed by atoms with Gasteiger partial charge >= 0.3 is 5.97 Å². The van der Waals surface area contributed by atoms with Crippen LogP contribution >= 0.6 is 11.8 Å². The highest BCUT2D eigenvalue weighted by molar-refractivity contribution is 8.18. The topological polar surface area (TPSA) is 87.8 Å². The maximum absolute atomic E-state index is 13.1. The molecule has 2 aromatic carbocycles. The number of amides is 2. The number of hydrogen-bond acceptors (Lipinski definition) is 5. The lowest BCUT2D eigenvalue weighted by Crippen LogP contribution is -2.27. The van der Waals surface area contributed by atoms with Gasteiger partial charge in [0.05, 0.1) is 17.0 Å². The Hall–Kier alpha value is -3.65. The smallest absolute Gasteiger partial charge is 0.335 e. The minimum absolute atomic E-state index is 0.0485. The summed E-state index contributed by atoms with van der Waals surface area (Å²) < 4.78 is 18.9. The average molecular weight is 437 g/mol. The van der Waals surface area contributed by atoms with E-state index in [-0.39, 0.29) is 17.0 Å². The Kier molecular flexibility index (Phi) is 5.48. The first kappa shape index (κ1) is 20.6. The van der Waals surface area contributed by atoms with Crippen LogP contribution in [0.1, 0.15) is 27.2 Å². The summed E-state index contributed by atoms with van der Waals surface area (Å²) in [6.45, 7) is 1.74. The molecule has 1 aliphatic rings. The number of thioether (sulfide) groups is 1. The summed E-state index contributed by atoms with van der Waals surface area (Å²) >= 11 is 0.800. The summed E-state index contributed by atoms with van der Waals surface area (Å²) in [6, 6.07) is 13.8. The number of carbonyl (C=O) groups excluding carboxylic acids is 2. The van der Waals surface area contributed by atoms with Gasteiger partial charge in [0.25, 0.3) is 11.1 Å². The van der Waals surface area contributed by atoms with Crippen molar-refractivity contribution in [1.82, 2.24) is 4.90 Å². The summed E-state index contributed by atoms with van der Waals surface area (Å²) in [7, 11) is 0. The number of hydrogen-bond donors (Lipinski definition) is 1. The van der Waals surface area contributed by atoms with Crippen molar-refractivity contribution in [3.05, 3.63) is 87.8 Å². The molecule has 8 heteroatoms. The Labute approximate surface area is 181 Å². The zero-order chi connectivity index (χ0) is 22.1. The van der Waals surface area contributed by atoms with Crippen molar-refractivity contribution in [3.63, 3.8) is 0 Å². The van der Waals surface area contributed by atoms with Crippen molar-refractivity contribution in [1.29, 1.82) is 0 Å². The van der Waals surface area contributed by atoms with Crippen LogP contribution in [-0.2, 0) is 11.3 Å². The molecule has 1 N–H and O–H groups in total. The van der Waals surface area contributed by atoms with Crippen LogP contribution in [0.3, 0.4) is 0 Å². The number of rotatable bonds is 5. The average Bonchev–Trinajstić information content (AvgIpc) is 3.30. The van der Waals surface area contributed by atoms with E-state index in [1.807, 2.05) is 0 Å². The maximum Gasteiger partial charge on any atom is 0.335 e. The first-order valence-corrected chi connectivity index (χ1v) is 10.1. The predicted molar refractivity (Wildman–Crippen MR) is 114 cm³/mol. The van der Waals surface area contributed by atoms with Gasteiger partial charge in [-0.25, -0.2) is 9.18 Å². The molecule has 2 amide bonds. The highest BCUT2D eigenvalue weighted by Gasteiger charge is 2.35. The zero-order valence-electron chi connectivity index (χ0n) is 16.3. The number of nitrogens with zero attached hydrogens (tertiary/aromatic N) is 1. The van der Waals surface area contributed by atoms with E-state index in [1.165, 1.54) is 36.4 Å². The van der Waals surface area contributed by atoms with Crippen molar-refractivity contribution in [2.24, 2.45) is 0 Å². The van der Waals surface area contributed by atoms with Crippen molar-refractivity contribution in [2.45, 2.75) is 13.5 Å². The minimum Gasteiger partial charge on any atom is -0.478 e. The standard InChI is InChI=1S/C23H16FNO5S/c1-13-17(3-2-4-18(13)22(27)28)19-10-9-16(30-19)11-20-21(26)25(23(29)31-20)12-14-5-7-15(24)8-6-14/h2-11H,12H2,1H3,(H,27,28)/b20-11-. The van der Waals surface area contributed by atoms with Crippen LogP contribution in [0, 0.1) is 12.7 Å². The quantitative estimate of drug-likeness (QED) is 0.543. The second-order valence-electron chi connectivity index (χ2n) is 6.88. The molecule has 31 heavy (non-hydrogen) atoms. The van der Waals surface area contributed by atoms with Crippen LogP contribution in [-0.4, -0.2) is 27.1 Å². The first-order chi connectivity index (χ1) is 14.8. The van der Waals surface area contributed by atoms with Gasteiger partial charge in [0.2, 0.25) is 0 Å². The van der Waals surface area contributed by atoms with Gasteiger partial charge in [-0.05, 0) is 60.1 Å². The van der Waals surface area contributed by atoms with Crippen LogP contribution in [0.5, 0.6) is 0 Å². The normalized spacial score (nSPS) is 15.2. The fourth-order valence-electron chi connectivity index (χ4n) is 3.25. The molecule has 0 radical (unpaired) electrons. The molecular formula is C23H16FNO5S. The fourth-order valence-corrected chi connectivity index (χ4v) is 4.07. The van der Waals surface area contributed by atoms with Gasteiger partial charge in [-0.2, -0.15) is 0 Å². The number of furan rings is 1. The molecule has 0 saturated carbocycles. The van der Waals surface area contributed by atoms with Crippen LogP contribution in [0.25, 0.3) is 17.4 Å². The molecule has 1 fully saturated rings. The zero-order valence-corrected chi connectivity index (χ0v) is 17.1. The van der Waals surface area contributed by atoms with Crippen LogP contribution in [0.4, 0.5) is 9.18 Å². The minimum atomic E-state index is -1.03. The van der Waals surface area contributed by atoms with E-state index in [0.29, 0.717) is 28.2 Å². The first-order valence-electron chi connectivity index (χ1n) is 9.26. The molecule has 6 nitrogen and oxygen atoms in total. The largest absolute Gasteiger partial charge is 0.478 e. The Balaban J connectivity index is 1.56. The SMILES string of the molecule is Cc1c(C(=O)O)cccc1-c1ccc(/C=C2\SC(=O)N(Cc3ccc(F)cc3)C2=O)o1. The number of imide groups is 1. The van der Waals surface area contributed by atoms with Gasteiger partial charge in [-0.1, -0.05) is 24.3 Å². The van der Waals surface area contributed by atoms with E-state index >= 15 is 0 Å². The summed E-state index contributed by atoms with van der Waals surface area (Å²) in [5, 5.41) is 8.88. The third-order valence-corrected chi connectivity index (χ3v) is 5.76. The third kappa shape index (κ3) is 4.15. The van der Waals surface area contributed by atoms with Gasteiger partial charge < -0.3 is 9.52 Å². The molecule has 4 rings (SSSR count). The van der Waals surface area contributed by atoms with E-state index in [9.17, 15) is 23.9 Å².